The molecule has 0 amide bonds. The molecule has 0 radical (unpaired) electrons. The second-order valence-electron chi connectivity index (χ2n) is 5.37. The van der Waals surface area contributed by atoms with Crippen LogP contribution in [-0.4, -0.2) is 18.6 Å². The van der Waals surface area contributed by atoms with Crippen LogP contribution in [0.25, 0.3) is 0 Å². The molecule has 0 aliphatic carbocycles. The van der Waals surface area contributed by atoms with Crippen molar-refractivity contribution in [2.24, 2.45) is 4.99 Å². The standard InChI is InChI=1S/C19H21NO2/c1-14-4-6-16(7-5-14)13-20-15(2)12-19(21)17-8-10-18(22-3)11-9-17/h4-11H,12-13H2,1-3H3. The summed E-state index contributed by atoms with van der Waals surface area (Å²) in [6, 6.07) is 15.4. The highest BCUT2D eigenvalue weighted by Gasteiger charge is 2.07. The average molecular weight is 295 g/mol. The summed E-state index contributed by atoms with van der Waals surface area (Å²) < 4.78 is 5.09. The van der Waals surface area contributed by atoms with Gasteiger partial charge in [-0.15, -0.1) is 0 Å². The van der Waals surface area contributed by atoms with Gasteiger partial charge in [-0.25, -0.2) is 0 Å². The van der Waals surface area contributed by atoms with E-state index < -0.39 is 0 Å². The summed E-state index contributed by atoms with van der Waals surface area (Å²) in [6.07, 6.45) is 0.345. The minimum atomic E-state index is 0.0767. The molecular formula is C19H21NO2. The molecule has 0 aliphatic rings. The van der Waals surface area contributed by atoms with Crippen LogP contribution in [0.5, 0.6) is 5.75 Å². The summed E-state index contributed by atoms with van der Waals surface area (Å²) in [5.74, 6) is 0.828. The molecule has 0 unspecified atom stereocenters. The number of aliphatic imine (C=N–C) groups is 1. The number of carbonyl (C=O) groups excluding carboxylic acids is 1. The fourth-order valence-electron chi connectivity index (χ4n) is 2.09. The molecule has 0 spiro atoms. The Bertz CT molecular complexity index is 655. The van der Waals surface area contributed by atoms with Gasteiger partial charge in [-0.05, 0) is 43.7 Å². The Balaban J connectivity index is 1.94. The van der Waals surface area contributed by atoms with Crippen molar-refractivity contribution in [3.63, 3.8) is 0 Å². The van der Waals surface area contributed by atoms with Crippen LogP contribution in [-0.2, 0) is 6.54 Å². The number of benzene rings is 2. The number of nitrogens with zero attached hydrogens (tertiary/aromatic N) is 1. The van der Waals surface area contributed by atoms with E-state index in [1.807, 2.05) is 6.92 Å². The van der Waals surface area contributed by atoms with Gasteiger partial charge < -0.3 is 4.74 Å². The monoisotopic (exact) mass is 295 g/mol. The predicted molar refractivity (Wildman–Crippen MR) is 89.9 cm³/mol. The largest absolute Gasteiger partial charge is 0.497 e. The molecular weight excluding hydrogens is 274 g/mol. The minimum absolute atomic E-state index is 0.0767. The van der Waals surface area contributed by atoms with E-state index in [9.17, 15) is 4.79 Å². The summed E-state index contributed by atoms with van der Waals surface area (Å²) in [4.78, 5) is 16.7. The second kappa shape index (κ2) is 7.55. The lowest BCUT2D eigenvalue weighted by molar-refractivity contribution is 0.100. The molecule has 3 nitrogen and oxygen atoms in total. The number of aryl methyl sites for hydroxylation is 1. The Morgan fingerprint density at radius 3 is 2.27 bits per heavy atom. The number of hydrogen-bond acceptors (Lipinski definition) is 3. The Labute approximate surface area is 131 Å². The van der Waals surface area contributed by atoms with Crippen LogP contribution in [0, 0.1) is 6.92 Å². The smallest absolute Gasteiger partial charge is 0.168 e. The van der Waals surface area contributed by atoms with E-state index in [1.54, 1.807) is 31.4 Å². The van der Waals surface area contributed by atoms with E-state index in [1.165, 1.54) is 5.56 Å². The highest BCUT2D eigenvalue weighted by atomic mass is 16.5. The maximum atomic E-state index is 12.2. The van der Waals surface area contributed by atoms with Crippen molar-refractivity contribution < 1.29 is 9.53 Å². The van der Waals surface area contributed by atoms with Gasteiger partial charge >= 0.3 is 0 Å². The maximum absolute atomic E-state index is 12.2. The number of ether oxygens (including phenoxy) is 1. The second-order valence-corrected chi connectivity index (χ2v) is 5.37. The van der Waals surface area contributed by atoms with Crippen LogP contribution < -0.4 is 4.74 Å². The van der Waals surface area contributed by atoms with Gasteiger partial charge in [0.25, 0.3) is 0 Å². The van der Waals surface area contributed by atoms with E-state index >= 15 is 0 Å². The molecule has 0 N–H and O–H groups in total. The molecule has 0 aliphatic heterocycles. The molecule has 0 bridgehead atoms. The predicted octanol–water partition coefficient (Wildman–Crippen LogP) is 4.24. The van der Waals surface area contributed by atoms with Crippen molar-refractivity contribution in [2.75, 3.05) is 7.11 Å². The molecule has 0 heterocycles. The van der Waals surface area contributed by atoms with E-state index in [-0.39, 0.29) is 5.78 Å². The third-order valence-electron chi connectivity index (χ3n) is 3.48. The third kappa shape index (κ3) is 4.55. The fourth-order valence-corrected chi connectivity index (χ4v) is 2.09. The summed E-state index contributed by atoms with van der Waals surface area (Å²) in [5, 5.41) is 0. The fraction of sp³-hybridized carbons (Fsp3) is 0.263. The molecule has 0 aromatic heterocycles. The lowest BCUT2D eigenvalue weighted by Crippen LogP contribution is -2.05. The zero-order chi connectivity index (χ0) is 15.9. The van der Waals surface area contributed by atoms with Gasteiger partial charge in [-0.2, -0.15) is 0 Å². The quantitative estimate of drug-likeness (QED) is 0.590. The maximum Gasteiger partial charge on any atom is 0.168 e. The summed E-state index contributed by atoms with van der Waals surface area (Å²) >= 11 is 0. The first-order valence-corrected chi connectivity index (χ1v) is 7.31. The summed E-state index contributed by atoms with van der Waals surface area (Å²) in [5.41, 5.74) is 3.92. The first-order valence-electron chi connectivity index (χ1n) is 7.31. The van der Waals surface area contributed by atoms with Crippen LogP contribution in [0.3, 0.4) is 0 Å². The molecule has 0 saturated carbocycles. The van der Waals surface area contributed by atoms with Crippen molar-refractivity contribution in [1.82, 2.24) is 0 Å². The van der Waals surface area contributed by atoms with E-state index in [4.69, 9.17) is 4.74 Å². The molecule has 3 heteroatoms. The van der Waals surface area contributed by atoms with Gasteiger partial charge in [0.05, 0.1) is 13.7 Å². The first kappa shape index (κ1) is 16.0. The van der Waals surface area contributed by atoms with Crippen molar-refractivity contribution >= 4 is 11.5 Å². The Hall–Kier alpha value is -2.42. The van der Waals surface area contributed by atoms with E-state index in [0.29, 0.717) is 18.5 Å². The molecule has 2 aromatic carbocycles. The van der Waals surface area contributed by atoms with Gasteiger partial charge in [0.15, 0.2) is 5.78 Å². The SMILES string of the molecule is COc1ccc(C(=O)CC(C)=NCc2ccc(C)cc2)cc1. The van der Waals surface area contributed by atoms with Gasteiger partial charge in [0.2, 0.25) is 0 Å². The number of ketones is 1. The van der Waals surface area contributed by atoms with E-state index in [0.717, 1.165) is 17.0 Å². The Kier molecular flexibility index (Phi) is 5.48. The van der Waals surface area contributed by atoms with E-state index in [2.05, 4.69) is 36.2 Å². The molecule has 0 atom stereocenters. The van der Waals surface area contributed by atoms with Crippen LogP contribution in [0.2, 0.25) is 0 Å². The van der Waals surface area contributed by atoms with Crippen LogP contribution in [0.4, 0.5) is 0 Å². The number of hydrogen-bond donors (Lipinski definition) is 0. The third-order valence-corrected chi connectivity index (χ3v) is 3.48. The van der Waals surface area contributed by atoms with Crippen LogP contribution >= 0.6 is 0 Å². The Morgan fingerprint density at radius 1 is 1.05 bits per heavy atom. The van der Waals surface area contributed by atoms with Gasteiger partial charge in [0.1, 0.15) is 5.75 Å². The lowest BCUT2D eigenvalue weighted by atomic mass is 10.1. The first-order chi connectivity index (χ1) is 10.6. The molecule has 2 aromatic rings. The molecule has 22 heavy (non-hydrogen) atoms. The normalized spacial score (nSPS) is 11.3. The topological polar surface area (TPSA) is 38.7 Å². The molecule has 2 rings (SSSR count). The van der Waals surface area contributed by atoms with Crippen LogP contribution in [0.15, 0.2) is 53.5 Å². The van der Waals surface area contributed by atoms with Crippen molar-refractivity contribution in [3.8, 4) is 5.75 Å². The van der Waals surface area contributed by atoms with Gasteiger partial charge in [0, 0.05) is 17.7 Å². The zero-order valence-electron chi connectivity index (χ0n) is 13.3. The summed E-state index contributed by atoms with van der Waals surface area (Å²) in [7, 11) is 1.61. The molecule has 114 valence electrons. The highest BCUT2D eigenvalue weighted by molar-refractivity contribution is 6.09. The Morgan fingerprint density at radius 2 is 1.68 bits per heavy atom. The number of rotatable bonds is 6. The lowest BCUT2D eigenvalue weighted by Gasteiger charge is -2.04. The number of Topliss-reactive ketones (excluding diaryl/α,β-unsaturated/α-hetero) is 1. The van der Waals surface area contributed by atoms with Crippen molar-refractivity contribution in [3.05, 3.63) is 65.2 Å². The molecule has 0 fully saturated rings. The van der Waals surface area contributed by atoms with Gasteiger partial charge in [-0.1, -0.05) is 29.8 Å². The van der Waals surface area contributed by atoms with Crippen molar-refractivity contribution in [2.45, 2.75) is 26.8 Å². The minimum Gasteiger partial charge on any atom is -0.497 e. The number of methoxy groups -OCH3 is 1. The molecule has 0 saturated heterocycles. The zero-order valence-corrected chi connectivity index (χ0v) is 13.3. The highest BCUT2D eigenvalue weighted by Crippen LogP contribution is 2.13. The summed E-state index contributed by atoms with van der Waals surface area (Å²) in [6.45, 7) is 4.57. The van der Waals surface area contributed by atoms with Crippen LogP contribution in [0.1, 0.15) is 34.8 Å². The van der Waals surface area contributed by atoms with Gasteiger partial charge in [-0.3, -0.25) is 9.79 Å². The average Bonchev–Trinajstić information content (AvgIpc) is 2.54. The van der Waals surface area contributed by atoms with Crippen molar-refractivity contribution in [1.29, 1.82) is 0 Å². The number of carbonyl (C=O) groups is 1.